The average molecular weight is 365 g/mol. The summed E-state index contributed by atoms with van der Waals surface area (Å²) < 4.78 is 6.09. The van der Waals surface area contributed by atoms with E-state index in [9.17, 15) is 9.59 Å². The molecule has 6 nitrogen and oxygen atoms in total. The maximum atomic E-state index is 12.7. The molecule has 2 amide bonds. The van der Waals surface area contributed by atoms with E-state index in [4.69, 9.17) is 17.0 Å². The Morgan fingerprint density at radius 3 is 2.60 bits per heavy atom. The molecular weight excluding hydrogens is 338 g/mol. The molecule has 7 heteroatoms. The van der Waals surface area contributed by atoms with Crippen molar-refractivity contribution < 1.29 is 14.3 Å². The zero-order valence-corrected chi connectivity index (χ0v) is 15.5. The molecule has 1 saturated carbocycles. The highest BCUT2D eigenvalue weighted by molar-refractivity contribution is 7.80. The van der Waals surface area contributed by atoms with Gasteiger partial charge in [0.05, 0.1) is 6.61 Å². The quantitative estimate of drug-likeness (QED) is 0.514. The fraction of sp³-hybridized carbons (Fsp3) is 0.611. The molecule has 2 rings (SSSR count). The standard InChI is InChI=1S/C18H27N3O3S/c1-2-15(22)19-17(25)21-20-16(23)18(11-7-4-8-12-18)24-13-14-9-5-3-6-10-14/h4,7-8,11,14H,2-3,5-6,9-10,12-13H2,1H3,(H,20,23)(H2,19,21,22,25). The number of nitrogens with one attached hydrogen (secondary N) is 3. The molecule has 0 radical (unpaired) electrons. The number of hydrogen-bond acceptors (Lipinski definition) is 4. The third-order valence-electron chi connectivity index (χ3n) is 4.58. The highest BCUT2D eigenvalue weighted by atomic mass is 32.1. The minimum atomic E-state index is -1.04. The molecule has 138 valence electrons. The molecule has 0 saturated heterocycles. The van der Waals surface area contributed by atoms with E-state index in [1.54, 1.807) is 13.0 Å². The van der Waals surface area contributed by atoms with Crippen molar-refractivity contribution >= 4 is 29.1 Å². The van der Waals surface area contributed by atoms with Gasteiger partial charge in [0.25, 0.3) is 5.91 Å². The summed E-state index contributed by atoms with van der Waals surface area (Å²) >= 11 is 4.99. The lowest BCUT2D eigenvalue weighted by Crippen LogP contribution is -2.56. The van der Waals surface area contributed by atoms with Crippen LogP contribution in [0.1, 0.15) is 51.9 Å². The lowest BCUT2D eigenvalue weighted by Gasteiger charge is -2.32. The van der Waals surface area contributed by atoms with Crippen molar-refractivity contribution in [3.8, 4) is 0 Å². The van der Waals surface area contributed by atoms with Gasteiger partial charge in [-0.15, -0.1) is 0 Å². The van der Waals surface area contributed by atoms with Crippen molar-refractivity contribution in [1.82, 2.24) is 16.2 Å². The lowest BCUT2D eigenvalue weighted by molar-refractivity contribution is -0.143. The number of ether oxygens (including phenoxy) is 1. The molecule has 3 N–H and O–H groups in total. The van der Waals surface area contributed by atoms with E-state index in [-0.39, 0.29) is 16.9 Å². The summed E-state index contributed by atoms with van der Waals surface area (Å²) in [6.45, 7) is 2.30. The van der Waals surface area contributed by atoms with Crippen LogP contribution in [0.5, 0.6) is 0 Å². The van der Waals surface area contributed by atoms with Gasteiger partial charge >= 0.3 is 0 Å². The van der Waals surface area contributed by atoms with Crippen LogP contribution >= 0.6 is 12.2 Å². The average Bonchev–Trinajstić information content (AvgIpc) is 2.66. The number of thiocarbonyl (C=S) groups is 1. The SMILES string of the molecule is CCC(=O)NC(=S)NNC(=O)C1(OCC2CCCCC2)C=CC=CC1. The fourth-order valence-electron chi connectivity index (χ4n) is 3.03. The van der Waals surface area contributed by atoms with Gasteiger partial charge in [0.2, 0.25) is 5.91 Å². The Balaban J connectivity index is 1.90. The molecule has 0 aliphatic heterocycles. The predicted octanol–water partition coefficient (Wildman–Crippen LogP) is 2.27. The second-order valence-electron chi connectivity index (χ2n) is 6.51. The van der Waals surface area contributed by atoms with E-state index < -0.39 is 5.60 Å². The number of amides is 2. The Hall–Kier alpha value is -1.73. The number of carbonyl (C=O) groups is 2. The highest BCUT2D eigenvalue weighted by Gasteiger charge is 2.37. The van der Waals surface area contributed by atoms with Gasteiger partial charge in [-0.3, -0.25) is 20.4 Å². The van der Waals surface area contributed by atoms with E-state index in [2.05, 4.69) is 16.2 Å². The van der Waals surface area contributed by atoms with Gasteiger partial charge in [0.1, 0.15) is 0 Å². The molecule has 0 bridgehead atoms. The van der Waals surface area contributed by atoms with Crippen molar-refractivity contribution in [3.05, 3.63) is 24.3 Å². The zero-order chi connectivity index (χ0) is 18.1. The molecule has 0 spiro atoms. The topological polar surface area (TPSA) is 79.5 Å². The van der Waals surface area contributed by atoms with Crippen LogP contribution in [0.3, 0.4) is 0 Å². The van der Waals surface area contributed by atoms with Crippen LogP contribution < -0.4 is 16.2 Å². The van der Waals surface area contributed by atoms with Crippen molar-refractivity contribution in [3.63, 3.8) is 0 Å². The van der Waals surface area contributed by atoms with E-state index >= 15 is 0 Å². The summed E-state index contributed by atoms with van der Waals surface area (Å²) in [6.07, 6.45) is 14.3. The van der Waals surface area contributed by atoms with Crippen LogP contribution in [-0.4, -0.2) is 29.1 Å². The molecule has 0 aromatic heterocycles. The highest BCUT2D eigenvalue weighted by Crippen LogP contribution is 2.28. The maximum absolute atomic E-state index is 12.7. The van der Waals surface area contributed by atoms with Gasteiger partial charge < -0.3 is 10.1 Å². The Morgan fingerprint density at radius 2 is 1.96 bits per heavy atom. The van der Waals surface area contributed by atoms with Crippen molar-refractivity contribution in [2.45, 2.75) is 57.5 Å². The van der Waals surface area contributed by atoms with Crippen LogP contribution in [0.25, 0.3) is 0 Å². The molecule has 2 aliphatic rings. The first kappa shape index (κ1) is 19.6. The number of rotatable bonds is 5. The summed E-state index contributed by atoms with van der Waals surface area (Å²) in [7, 11) is 0. The first-order valence-corrected chi connectivity index (χ1v) is 9.35. The van der Waals surface area contributed by atoms with Gasteiger partial charge in [-0.05, 0) is 37.1 Å². The molecule has 1 fully saturated rings. The molecule has 1 atom stereocenters. The lowest BCUT2D eigenvalue weighted by atomic mass is 9.89. The van der Waals surface area contributed by atoms with Crippen LogP contribution in [0.2, 0.25) is 0 Å². The molecule has 0 aromatic carbocycles. The third kappa shape index (κ3) is 5.93. The van der Waals surface area contributed by atoms with E-state index in [0.29, 0.717) is 25.4 Å². The van der Waals surface area contributed by atoms with Crippen LogP contribution in [0, 0.1) is 5.92 Å². The molecule has 2 aliphatic carbocycles. The van der Waals surface area contributed by atoms with E-state index in [1.165, 1.54) is 19.3 Å². The van der Waals surface area contributed by atoms with Gasteiger partial charge in [-0.2, -0.15) is 0 Å². The molecule has 25 heavy (non-hydrogen) atoms. The smallest absolute Gasteiger partial charge is 0.274 e. The first-order valence-electron chi connectivity index (χ1n) is 8.94. The summed E-state index contributed by atoms with van der Waals surface area (Å²) in [5.74, 6) is -0.0249. The Kier molecular flexibility index (Phi) is 7.58. The maximum Gasteiger partial charge on any atom is 0.274 e. The molecule has 1 unspecified atom stereocenters. The van der Waals surface area contributed by atoms with Gasteiger partial charge in [-0.1, -0.05) is 44.4 Å². The van der Waals surface area contributed by atoms with Crippen LogP contribution in [0.4, 0.5) is 0 Å². The summed E-state index contributed by atoms with van der Waals surface area (Å²) in [6, 6.07) is 0. The van der Waals surface area contributed by atoms with Gasteiger partial charge in [0.15, 0.2) is 10.7 Å². The second kappa shape index (κ2) is 9.68. The summed E-state index contributed by atoms with van der Waals surface area (Å²) in [5, 5.41) is 2.55. The molecule has 0 aromatic rings. The fourth-order valence-corrected chi connectivity index (χ4v) is 3.19. The second-order valence-corrected chi connectivity index (χ2v) is 6.91. The first-order chi connectivity index (χ1) is 12.1. The van der Waals surface area contributed by atoms with Crippen LogP contribution in [-0.2, 0) is 14.3 Å². The molecular formula is C18H27N3O3S. The van der Waals surface area contributed by atoms with Crippen molar-refractivity contribution in [1.29, 1.82) is 0 Å². The van der Waals surface area contributed by atoms with E-state index in [1.807, 2.05) is 18.2 Å². The third-order valence-corrected chi connectivity index (χ3v) is 4.79. The largest absolute Gasteiger partial charge is 0.360 e. The van der Waals surface area contributed by atoms with Crippen LogP contribution in [0.15, 0.2) is 24.3 Å². The normalized spacial score (nSPS) is 23.1. The zero-order valence-electron chi connectivity index (χ0n) is 14.7. The summed E-state index contributed by atoms with van der Waals surface area (Å²) in [4.78, 5) is 24.0. The summed E-state index contributed by atoms with van der Waals surface area (Å²) in [5.41, 5.74) is 4.09. The minimum absolute atomic E-state index is 0.0676. The number of allylic oxidation sites excluding steroid dienone is 2. The van der Waals surface area contributed by atoms with Gasteiger partial charge in [0, 0.05) is 12.8 Å². The van der Waals surface area contributed by atoms with E-state index in [0.717, 1.165) is 12.8 Å². The number of hydrogen-bond donors (Lipinski definition) is 3. The van der Waals surface area contributed by atoms with Gasteiger partial charge in [-0.25, -0.2) is 0 Å². The Morgan fingerprint density at radius 1 is 1.20 bits per heavy atom. The Bertz CT molecular complexity index is 556. The number of carbonyl (C=O) groups excluding carboxylic acids is 2. The minimum Gasteiger partial charge on any atom is -0.360 e. The predicted molar refractivity (Wildman–Crippen MR) is 100 cm³/mol. The van der Waals surface area contributed by atoms with Crippen molar-refractivity contribution in [2.24, 2.45) is 5.92 Å². The van der Waals surface area contributed by atoms with Crippen molar-refractivity contribution in [2.75, 3.05) is 6.61 Å². The Labute approximate surface area is 154 Å². The number of hydrazine groups is 1. The monoisotopic (exact) mass is 365 g/mol. The molecule has 0 heterocycles.